The third-order valence-electron chi connectivity index (χ3n) is 1.38. The molecule has 0 atom stereocenters. The molecule has 0 unspecified atom stereocenters. The summed E-state index contributed by atoms with van der Waals surface area (Å²) in [7, 11) is 0. The van der Waals surface area contributed by atoms with Gasteiger partial charge in [0.25, 0.3) is 0 Å². The van der Waals surface area contributed by atoms with Gasteiger partial charge in [-0.3, -0.25) is 5.32 Å². The summed E-state index contributed by atoms with van der Waals surface area (Å²) in [6.45, 7) is 2.94. The predicted molar refractivity (Wildman–Crippen MR) is 50.9 cm³/mol. The molecule has 0 aliphatic carbocycles. The smallest absolute Gasteiger partial charge is 0.412 e. The van der Waals surface area contributed by atoms with Gasteiger partial charge in [-0.2, -0.15) is 0 Å². The first-order valence-electron chi connectivity index (χ1n) is 3.83. The number of carbonyl (C=O) groups excluding carboxylic acids is 1. The zero-order chi connectivity index (χ0) is 9.68. The molecular weight excluding hydrogens is 168 g/mol. The minimum absolute atomic E-state index is 0.507. The maximum absolute atomic E-state index is 10.9. The summed E-state index contributed by atoms with van der Waals surface area (Å²) in [5.74, 6) is 0. The molecule has 0 bridgehead atoms. The zero-order valence-electron chi connectivity index (χ0n) is 7.28. The van der Waals surface area contributed by atoms with Crippen LogP contribution < -0.4 is 11.1 Å². The monoisotopic (exact) mass is 179 g/mol. The number of ether oxygens (including phenoxy) is 1. The van der Waals surface area contributed by atoms with E-state index >= 15 is 0 Å². The van der Waals surface area contributed by atoms with E-state index in [1.807, 2.05) is 0 Å². The second kappa shape index (κ2) is 4.35. The van der Waals surface area contributed by atoms with Crippen LogP contribution in [0.2, 0.25) is 0 Å². The van der Waals surface area contributed by atoms with Crippen molar-refractivity contribution in [3.63, 3.8) is 0 Å². The normalized spacial score (nSPS) is 9.31. The zero-order valence-corrected chi connectivity index (χ0v) is 7.28. The van der Waals surface area contributed by atoms with E-state index in [1.165, 1.54) is 6.61 Å². The Balaban J connectivity index is 2.54. The average Bonchev–Trinajstić information content (AvgIpc) is 2.09. The van der Waals surface area contributed by atoms with Crippen LogP contribution in [0.25, 0.3) is 0 Å². The third kappa shape index (κ3) is 3.02. The molecule has 0 saturated carbocycles. The molecule has 0 aliphatic rings. The van der Waals surface area contributed by atoms with Gasteiger partial charge < -0.3 is 10.5 Å². The Kier molecular flexibility index (Phi) is 3.14. The first kappa shape index (κ1) is 9.38. The summed E-state index contributed by atoms with van der Waals surface area (Å²) in [4.78, 5) is 10.9. The number of hydrogen-bond acceptors (Lipinski definition) is 3. The lowest BCUT2D eigenvalue weighted by atomic mass is 10.3. The van der Waals surface area contributed by atoms with Gasteiger partial charge in [-0.15, -0.1) is 0 Å². The van der Waals surface area contributed by atoms with Crippen molar-refractivity contribution in [2.75, 3.05) is 11.1 Å². The lowest BCUT2D eigenvalue weighted by molar-refractivity contribution is 0.189. The highest BCUT2D eigenvalue weighted by atomic mass is 16.5. The molecule has 1 amide bonds. The number of nitrogen functional groups attached to an aromatic ring is 1. The van der Waals surface area contributed by atoms with Crippen molar-refractivity contribution in [3.8, 4) is 0 Å². The minimum Gasteiger partial charge on any atom is -0.442 e. The van der Waals surface area contributed by atoms with E-state index in [-0.39, 0.29) is 0 Å². The molecule has 0 aliphatic heterocycles. The average molecular weight is 179 g/mol. The second-order valence-corrected chi connectivity index (χ2v) is 2.39. The Bertz CT molecular complexity index is 282. The van der Waals surface area contributed by atoms with Gasteiger partial charge in [0, 0.05) is 11.4 Å². The molecule has 0 heterocycles. The van der Waals surface area contributed by atoms with Crippen molar-refractivity contribution in [1.29, 1.82) is 0 Å². The van der Waals surface area contributed by atoms with Crippen LogP contribution in [-0.2, 0) is 4.74 Å². The van der Waals surface area contributed by atoms with E-state index in [4.69, 9.17) is 5.73 Å². The molecule has 0 fully saturated rings. The number of amides is 1. The fraction of sp³-hybridized carbons (Fsp3) is 0.111. The SMILES string of the molecule is C[CH]OC(=O)Nc1ccc(N)cc1. The van der Waals surface area contributed by atoms with Gasteiger partial charge in [-0.25, -0.2) is 4.79 Å². The topological polar surface area (TPSA) is 64.3 Å². The van der Waals surface area contributed by atoms with Crippen molar-refractivity contribution in [2.45, 2.75) is 6.92 Å². The van der Waals surface area contributed by atoms with Crippen LogP contribution >= 0.6 is 0 Å². The Morgan fingerprint density at radius 3 is 2.62 bits per heavy atom. The number of carbonyl (C=O) groups is 1. The summed E-state index contributed by atoms with van der Waals surface area (Å²) in [5, 5.41) is 2.52. The molecule has 69 valence electrons. The van der Waals surface area contributed by atoms with E-state index in [0.29, 0.717) is 11.4 Å². The molecule has 0 spiro atoms. The van der Waals surface area contributed by atoms with Crippen LogP contribution in [0.15, 0.2) is 24.3 Å². The maximum atomic E-state index is 10.9. The number of nitrogens with one attached hydrogen (secondary N) is 1. The van der Waals surface area contributed by atoms with Gasteiger partial charge in [0.1, 0.15) is 6.61 Å². The number of hydrogen-bond donors (Lipinski definition) is 2. The van der Waals surface area contributed by atoms with Gasteiger partial charge in [-0.05, 0) is 31.2 Å². The number of nitrogens with two attached hydrogens (primary N) is 1. The molecule has 1 rings (SSSR count). The van der Waals surface area contributed by atoms with Crippen LogP contribution in [-0.4, -0.2) is 6.09 Å². The highest BCUT2D eigenvalue weighted by Gasteiger charge is 2.00. The molecule has 0 aromatic heterocycles. The minimum atomic E-state index is -0.507. The van der Waals surface area contributed by atoms with Crippen LogP contribution in [0.3, 0.4) is 0 Å². The van der Waals surface area contributed by atoms with Gasteiger partial charge in [0.05, 0.1) is 0 Å². The number of anilines is 2. The Morgan fingerprint density at radius 2 is 2.08 bits per heavy atom. The molecule has 13 heavy (non-hydrogen) atoms. The summed E-state index contributed by atoms with van der Waals surface area (Å²) in [6, 6.07) is 6.80. The van der Waals surface area contributed by atoms with Crippen LogP contribution in [0.1, 0.15) is 6.92 Å². The number of benzene rings is 1. The standard InChI is InChI=1S/C9H11N2O2/c1-2-13-9(12)11-8-5-3-7(10)4-6-8/h2-6H,10H2,1H3,(H,11,12). The van der Waals surface area contributed by atoms with Crippen molar-refractivity contribution >= 4 is 17.5 Å². The fourth-order valence-electron chi connectivity index (χ4n) is 0.821. The predicted octanol–water partition coefficient (Wildman–Crippen LogP) is 2.00. The largest absolute Gasteiger partial charge is 0.442 e. The van der Waals surface area contributed by atoms with Crippen LogP contribution in [0, 0.1) is 6.61 Å². The molecule has 1 radical (unpaired) electrons. The summed E-state index contributed by atoms with van der Waals surface area (Å²) >= 11 is 0. The van der Waals surface area contributed by atoms with E-state index in [0.717, 1.165) is 0 Å². The van der Waals surface area contributed by atoms with Gasteiger partial charge in [0.15, 0.2) is 0 Å². The van der Waals surface area contributed by atoms with Crippen molar-refractivity contribution in [1.82, 2.24) is 0 Å². The molecular formula is C9H11N2O2. The molecule has 1 aromatic carbocycles. The van der Waals surface area contributed by atoms with Crippen molar-refractivity contribution in [3.05, 3.63) is 30.9 Å². The fourth-order valence-corrected chi connectivity index (χ4v) is 0.821. The van der Waals surface area contributed by atoms with E-state index < -0.39 is 6.09 Å². The molecule has 3 N–H and O–H groups in total. The highest BCUT2D eigenvalue weighted by Crippen LogP contribution is 2.10. The van der Waals surface area contributed by atoms with Gasteiger partial charge >= 0.3 is 6.09 Å². The highest BCUT2D eigenvalue weighted by molar-refractivity contribution is 5.84. The lowest BCUT2D eigenvalue weighted by Gasteiger charge is -2.04. The van der Waals surface area contributed by atoms with E-state index in [9.17, 15) is 4.79 Å². The van der Waals surface area contributed by atoms with Gasteiger partial charge in [-0.1, -0.05) is 0 Å². The molecule has 1 aromatic rings. The summed E-state index contributed by atoms with van der Waals surface area (Å²) < 4.78 is 4.57. The summed E-state index contributed by atoms with van der Waals surface area (Å²) in [5.41, 5.74) is 6.77. The first-order chi connectivity index (χ1) is 6.22. The maximum Gasteiger partial charge on any atom is 0.412 e. The lowest BCUT2D eigenvalue weighted by Crippen LogP contribution is -2.11. The van der Waals surface area contributed by atoms with Crippen LogP contribution in [0.5, 0.6) is 0 Å². The summed E-state index contributed by atoms with van der Waals surface area (Å²) in [6.07, 6.45) is -0.507. The second-order valence-electron chi connectivity index (χ2n) is 2.39. The molecule has 0 saturated heterocycles. The Labute approximate surface area is 76.7 Å². The molecule has 4 heteroatoms. The van der Waals surface area contributed by atoms with E-state index in [2.05, 4.69) is 10.1 Å². The Hall–Kier alpha value is -1.71. The molecule has 4 nitrogen and oxygen atoms in total. The van der Waals surface area contributed by atoms with Crippen molar-refractivity contribution < 1.29 is 9.53 Å². The quantitative estimate of drug-likeness (QED) is 0.682. The number of rotatable bonds is 2. The van der Waals surface area contributed by atoms with Gasteiger partial charge in [0.2, 0.25) is 0 Å². The van der Waals surface area contributed by atoms with Crippen LogP contribution in [0.4, 0.5) is 16.2 Å². The Morgan fingerprint density at radius 1 is 1.46 bits per heavy atom. The third-order valence-corrected chi connectivity index (χ3v) is 1.38. The first-order valence-corrected chi connectivity index (χ1v) is 3.83. The van der Waals surface area contributed by atoms with E-state index in [1.54, 1.807) is 31.2 Å². The van der Waals surface area contributed by atoms with Crippen molar-refractivity contribution in [2.24, 2.45) is 0 Å².